The van der Waals surface area contributed by atoms with Gasteiger partial charge in [0, 0.05) is 24.2 Å². The number of piperidine rings is 1. The number of rotatable bonds is 2. The van der Waals surface area contributed by atoms with Gasteiger partial charge in [-0.1, -0.05) is 0 Å². The van der Waals surface area contributed by atoms with E-state index in [0.29, 0.717) is 5.82 Å². The van der Waals surface area contributed by atoms with E-state index in [2.05, 4.69) is 19.6 Å². The van der Waals surface area contributed by atoms with Crippen LogP contribution in [0.2, 0.25) is 0 Å². The Bertz CT molecular complexity index is 540. The molecule has 2 aromatic rings. The standard InChI is InChI=1S/C12H16N4S2/c1-8-7-17-11(14-8)9-10(13)15-18-12(9)16-5-3-2-4-6-16/h7H,2-6H2,1H3,(H2,13,15). The highest BCUT2D eigenvalue weighted by Gasteiger charge is 2.22. The van der Waals surface area contributed by atoms with Crippen molar-refractivity contribution in [3.8, 4) is 10.6 Å². The lowest BCUT2D eigenvalue weighted by atomic mass is 10.1. The van der Waals surface area contributed by atoms with Crippen LogP contribution in [0.25, 0.3) is 10.6 Å². The number of hydrogen-bond donors (Lipinski definition) is 1. The predicted molar refractivity (Wildman–Crippen MR) is 78.4 cm³/mol. The molecule has 2 aromatic heterocycles. The minimum atomic E-state index is 0.620. The van der Waals surface area contributed by atoms with Crippen LogP contribution in [0.1, 0.15) is 25.0 Å². The molecular weight excluding hydrogens is 264 g/mol. The molecule has 0 amide bonds. The van der Waals surface area contributed by atoms with Crippen LogP contribution in [0.5, 0.6) is 0 Å². The summed E-state index contributed by atoms with van der Waals surface area (Å²) in [5.41, 5.74) is 8.12. The van der Waals surface area contributed by atoms with Gasteiger partial charge in [0.15, 0.2) is 0 Å². The molecule has 2 N–H and O–H groups in total. The molecule has 0 aliphatic carbocycles. The normalized spacial score (nSPS) is 16.2. The van der Waals surface area contributed by atoms with Crippen LogP contribution >= 0.6 is 22.9 Å². The summed E-state index contributed by atoms with van der Waals surface area (Å²) in [5, 5.41) is 4.26. The van der Waals surface area contributed by atoms with Crippen molar-refractivity contribution in [1.82, 2.24) is 9.36 Å². The van der Waals surface area contributed by atoms with Gasteiger partial charge in [-0.25, -0.2) is 4.98 Å². The average molecular weight is 280 g/mol. The molecule has 3 rings (SSSR count). The lowest BCUT2D eigenvalue weighted by Gasteiger charge is -2.27. The average Bonchev–Trinajstić information content (AvgIpc) is 2.96. The van der Waals surface area contributed by atoms with E-state index < -0.39 is 0 Å². The molecule has 6 heteroatoms. The number of aryl methyl sites for hydroxylation is 1. The monoisotopic (exact) mass is 280 g/mol. The number of nitrogens with zero attached hydrogens (tertiary/aromatic N) is 3. The smallest absolute Gasteiger partial charge is 0.149 e. The molecule has 0 atom stereocenters. The van der Waals surface area contributed by atoms with E-state index in [4.69, 9.17) is 5.73 Å². The van der Waals surface area contributed by atoms with Gasteiger partial charge in [-0.3, -0.25) is 0 Å². The maximum Gasteiger partial charge on any atom is 0.149 e. The SMILES string of the molecule is Cc1csc(-c2c(N)nsc2N2CCCCC2)n1. The fourth-order valence-electron chi connectivity index (χ4n) is 2.28. The van der Waals surface area contributed by atoms with Crippen molar-refractivity contribution < 1.29 is 0 Å². The molecule has 18 heavy (non-hydrogen) atoms. The fourth-order valence-corrected chi connectivity index (χ4v) is 4.06. The molecular formula is C12H16N4S2. The largest absolute Gasteiger partial charge is 0.382 e. The van der Waals surface area contributed by atoms with Gasteiger partial charge in [0.25, 0.3) is 0 Å². The van der Waals surface area contributed by atoms with E-state index in [1.165, 1.54) is 35.8 Å². The molecule has 96 valence electrons. The number of thiazole rings is 1. The molecule has 0 radical (unpaired) electrons. The quantitative estimate of drug-likeness (QED) is 0.918. The number of aromatic nitrogens is 2. The van der Waals surface area contributed by atoms with Crippen molar-refractivity contribution in [2.45, 2.75) is 26.2 Å². The molecule has 1 aliphatic rings. The number of nitrogens with two attached hydrogens (primary N) is 1. The third-order valence-electron chi connectivity index (χ3n) is 3.18. The van der Waals surface area contributed by atoms with Crippen LogP contribution in [0.15, 0.2) is 5.38 Å². The Balaban J connectivity index is 2.00. The van der Waals surface area contributed by atoms with Crippen molar-refractivity contribution in [2.24, 2.45) is 0 Å². The van der Waals surface area contributed by atoms with Crippen LogP contribution in [-0.2, 0) is 0 Å². The van der Waals surface area contributed by atoms with Gasteiger partial charge in [0.05, 0.1) is 5.56 Å². The van der Waals surface area contributed by atoms with Gasteiger partial charge in [0.2, 0.25) is 0 Å². The Kier molecular flexibility index (Phi) is 3.22. The number of anilines is 2. The maximum absolute atomic E-state index is 6.03. The molecule has 0 spiro atoms. The summed E-state index contributed by atoms with van der Waals surface area (Å²) in [7, 11) is 0. The van der Waals surface area contributed by atoms with Crippen LogP contribution in [0.3, 0.4) is 0 Å². The Morgan fingerprint density at radius 1 is 1.28 bits per heavy atom. The number of hydrogen-bond acceptors (Lipinski definition) is 6. The highest BCUT2D eigenvalue weighted by molar-refractivity contribution is 7.15. The minimum Gasteiger partial charge on any atom is -0.382 e. The summed E-state index contributed by atoms with van der Waals surface area (Å²) in [6.07, 6.45) is 3.85. The lowest BCUT2D eigenvalue weighted by Crippen LogP contribution is -2.29. The summed E-state index contributed by atoms with van der Waals surface area (Å²) < 4.78 is 4.32. The van der Waals surface area contributed by atoms with Gasteiger partial charge in [0.1, 0.15) is 15.8 Å². The van der Waals surface area contributed by atoms with Crippen molar-refractivity contribution in [1.29, 1.82) is 0 Å². The molecule has 0 aromatic carbocycles. The fraction of sp³-hybridized carbons (Fsp3) is 0.500. The van der Waals surface area contributed by atoms with E-state index in [0.717, 1.165) is 29.4 Å². The molecule has 3 heterocycles. The van der Waals surface area contributed by atoms with Crippen molar-refractivity contribution >= 4 is 33.7 Å². The van der Waals surface area contributed by atoms with Crippen molar-refractivity contribution in [2.75, 3.05) is 23.7 Å². The summed E-state index contributed by atoms with van der Waals surface area (Å²) in [5.74, 6) is 0.620. The molecule has 4 nitrogen and oxygen atoms in total. The highest BCUT2D eigenvalue weighted by atomic mass is 32.1. The van der Waals surface area contributed by atoms with Gasteiger partial charge >= 0.3 is 0 Å². The molecule has 0 saturated carbocycles. The molecule has 1 aliphatic heterocycles. The number of nitrogen functional groups attached to an aromatic ring is 1. The molecule has 1 saturated heterocycles. The van der Waals surface area contributed by atoms with Crippen molar-refractivity contribution in [3.63, 3.8) is 0 Å². The van der Waals surface area contributed by atoms with Crippen LogP contribution in [0.4, 0.5) is 10.8 Å². The third-order valence-corrected chi connectivity index (χ3v) is 5.08. The Morgan fingerprint density at radius 3 is 2.72 bits per heavy atom. The second-order valence-electron chi connectivity index (χ2n) is 4.59. The first kappa shape index (κ1) is 11.9. The molecule has 0 bridgehead atoms. The van der Waals surface area contributed by atoms with Gasteiger partial charge in [-0.2, -0.15) is 4.37 Å². The topological polar surface area (TPSA) is 55.0 Å². The third kappa shape index (κ3) is 2.10. The summed E-state index contributed by atoms with van der Waals surface area (Å²) in [6.45, 7) is 4.23. The minimum absolute atomic E-state index is 0.620. The molecule has 1 fully saturated rings. The highest BCUT2D eigenvalue weighted by Crippen LogP contribution is 2.41. The van der Waals surface area contributed by atoms with Gasteiger partial charge in [-0.15, -0.1) is 11.3 Å². The Hall–Kier alpha value is -1.14. The van der Waals surface area contributed by atoms with Gasteiger partial charge in [-0.05, 0) is 37.7 Å². The van der Waals surface area contributed by atoms with E-state index in [1.807, 2.05) is 6.92 Å². The van der Waals surface area contributed by atoms with E-state index in [1.54, 1.807) is 11.3 Å². The van der Waals surface area contributed by atoms with Crippen LogP contribution in [-0.4, -0.2) is 22.4 Å². The summed E-state index contributed by atoms with van der Waals surface area (Å²) >= 11 is 3.15. The second-order valence-corrected chi connectivity index (χ2v) is 6.20. The Morgan fingerprint density at radius 2 is 2.06 bits per heavy atom. The van der Waals surface area contributed by atoms with Crippen LogP contribution < -0.4 is 10.6 Å². The van der Waals surface area contributed by atoms with Crippen LogP contribution in [0, 0.1) is 6.92 Å². The molecule has 0 unspecified atom stereocenters. The van der Waals surface area contributed by atoms with E-state index in [-0.39, 0.29) is 0 Å². The predicted octanol–water partition coefficient (Wildman–Crippen LogP) is 3.15. The summed E-state index contributed by atoms with van der Waals surface area (Å²) in [4.78, 5) is 6.95. The maximum atomic E-state index is 6.03. The Labute approximate surface area is 115 Å². The first-order chi connectivity index (χ1) is 8.75. The zero-order valence-corrected chi connectivity index (χ0v) is 12.0. The zero-order chi connectivity index (χ0) is 12.5. The first-order valence-corrected chi connectivity index (χ1v) is 7.83. The lowest BCUT2D eigenvalue weighted by molar-refractivity contribution is 0.581. The first-order valence-electron chi connectivity index (χ1n) is 6.18. The second kappa shape index (κ2) is 4.85. The van der Waals surface area contributed by atoms with Gasteiger partial charge < -0.3 is 10.6 Å². The van der Waals surface area contributed by atoms with E-state index >= 15 is 0 Å². The summed E-state index contributed by atoms with van der Waals surface area (Å²) in [6, 6.07) is 0. The van der Waals surface area contributed by atoms with Crippen molar-refractivity contribution in [3.05, 3.63) is 11.1 Å². The van der Waals surface area contributed by atoms with E-state index in [9.17, 15) is 0 Å². The zero-order valence-electron chi connectivity index (χ0n) is 10.3.